The molecule has 0 aliphatic heterocycles. The minimum absolute atomic E-state index is 0.203. The van der Waals surface area contributed by atoms with E-state index in [4.69, 9.17) is 16.3 Å². The zero-order valence-electron chi connectivity index (χ0n) is 12.8. The Hall–Kier alpha value is -2.24. The number of anilines is 1. The summed E-state index contributed by atoms with van der Waals surface area (Å²) >= 11 is 6.08. The quantitative estimate of drug-likeness (QED) is 0.756. The largest absolute Gasteiger partial charge is 0.490 e. The maximum atomic E-state index is 12.2. The molecule has 5 nitrogen and oxygen atoms in total. The van der Waals surface area contributed by atoms with Crippen molar-refractivity contribution >= 4 is 23.3 Å². The molecule has 0 spiro atoms. The Morgan fingerprint density at radius 3 is 2.61 bits per heavy atom. The number of urea groups is 1. The van der Waals surface area contributed by atoms with Gasteiger partial charge in [-0.2, -0.15) is 0 Å². The Morgan fingerprint density at radius 1 is 1.22 bits per heavy atom. The van der Waals surface area contributed by atoms with Crippen LogP contribution in [0.5, 0.6) is 5.75 Å². The van der Waals surface area contributed by atoms with Crippen molar-refractivity contribution in [3.63, 3.8) is 0 Å². The number of amides is 2. The number of carbonyl (C=O) groups is 1. The lowest BCUT2D eigenvalue weighted by Gasteiger charge is -2.18. The third-order valence-electron chi connectivity index (χ3n) is 3.19. The molecule has 0 bridgehead atoms. The lowest BCUT2D eigenvalue weighted by atomic mass is 10.1. The van der Waals surface area contributed by atoms with Gasteiger partial charge in [0.05, 0.1) is 30.0 Å². The highest BCUT2D eigenvalue weighted by molar-refractivity contribution is 6.32. The van der Waals surface area contributed by atoms with E-state index in [2.05, 4.69) is 10.6 Å². The van der Waals surface area contributed by atoms with Crippen LogP contribution in [-0.2, 0) is 0 Å². The topological polar surface area (TPSA) is 70.6 Å². The van der Waals surface area contributed by atoms with Gasteiger partial charge in [0.15, 0.2) is 5.75 Å². The molecule has 0 fully saturated rings. The number of hydrogen-bond donors (Lipinski definition) is 3. The summed E-state index contributed by atoms with van der Waals surface area (Å²) in [5.41, 5.74) is 1.29. The Balaban J connectivity index is 2.09. The zero-order valence-corrected chi connectivity index (χ0v) is 13.5. The molecular formula is C17H19ClN2O3. The minimum Gasteiger partial charge on any atom is -0.490 e. The molecular weight excluding hydrogens is 316 g/mol. The van der Waals surface area contributed by atoms with Gasteiger partial charge in [0.1, 0.15) is 0 Å². The Morgan fingerprint density at radius 2 is 1.96 bits per heavy atom. The van der Waals surface area contributed by atoms with E-state index in [1.165, 1.54) is 0 Å². The molecule has 0 unspecified atom stereocenters. The summed E-state index contributed by atoms with van der Waals surface area (Å²) in [5, 5.41) is 15.3. The molecule has 1 atom stereocenters. The van der Waals surface area contributed by atoms with Gasteiger partial charge in [0, 0.05) is 0 Å². The maximum Gasteiger partial charge on any atom is 0.319 e. The molecule has 2 amide bonds. The lowest BCUT2D eigenvalue weighted by molar-refractivity contribution is 0.225. The van der Waals surface area contributed by atoms with Crippen molar-refractivity contribution in [3.05, 3.63) is 59.1 Å². The normalized spacial score (nSPS) is 11.6. The number of hydrogen-bond acceptors (Lipinski definition) is 3. The number of halogens is 1. The van der Waals surface area contributed by atoms with Crippen LogP contribution in [0.3, 0.4) is 0 Å². The summed E-state index contributed by atoms with van der Waals surface area (Å²) in [7, 11) is 0. The monoisotopic (exact) mass is 334 g/mol. The van der Waals surface area contributed by atoms with Crippen LogP contribution in [0.2, 0.25) is 5.02 Å². The number of benzene rings is 2. The summed E-state index contributed by atoms with van der Waals surface area (Å²) in [6.45, 7) is 2.07. The second-order valence-corrected chi connectivity index (χ2v) is 5.20. The van der Waals surface area contributed by atoms with E-state index in [0.717, 1.165) is 5.56 Å². The number of para-hydroxylation sites is 1. The predicted molar refractivity (Wildman–Crippen MR) is 91.0 cm³/mol. The number of rotatable bonds is 6. The van der Waals surface area contributed by atoms with Crippen molar-refractivity contribution in [3.8, 4) is 5.75 Å². The molecule has 0 aliphatic carbocycles. The van der Waals surface area contributed by atoms with Crippen LogP contribution >= 0.6 is 11.6 Å². The molecule has 2 aromatic carbocycles. The average molecular weight is 335 g/mol. The van der Waals surface area contributed by atoms with Crippen LogP contribution in [0.15, 0.2) is 48.5 Å². The van der Waals surface area contributed by atoms with E-state index in [9.17, 15) is 9.90 Å². The number of ether oxygens (including phenoxy) is 1. The van der Waals surface area contributed by atoms with Gasteiger partial charge in [-0.05, 0) is 24.6 Å². The second kappa shape index (κ2) is 8.41. The van der Waals surface area contributed by atoms with E-state index in [1.807, 2.05) is 37.3 Å². The van der Waals surface area contributed by atoms with Crippen molar-refractivity contribution in [2.75, 3.05) is 18.5 Å². The second-order valence-electron chi connectivity index (χ2n) is 4.79. The Bertz CT molecular complexity index is 650. The fraction of sp³-hybridized carbons (Fsp3) is 0.235. The number of nitrogens with one attached hydrogen (secondary N) is 2. The van der Waals surface area contributed by atoms with Crippen molar-refractivity contribution in [1.82, 2.24) is 5.32 Å². The van der Waals surface area contributed by atoms with Gasteiger partial charge in [-0.25, -0.2) is 4.79 Å². The van der Waals surface area contributed by atoms with Crippen LogP contribution in [0.1, 0.15) is 18.5 Å². The highest BCUT2D eigenvalue weighted by atomic mass is 35.5. The highest BCUT2D eigenvalue weighted by Gasteiger charge is 2.15. The number of aliphatic hydroxyl groups is 1. The fourth-order valence-electron chi connectivity index (χ4n) is 2.13. The molecule has 3 N–H and O–H groups in total. The molecule has 2 aromatic rings. The van der Waals surface area contributed by atoms with E-state index >= 15 is 0 Å². The van der Waals surface area contributed by atoms with E-state index in [1.54, 1.807) is 18.2 Å². The fourth-order valence-corrected chi connectivity index (χ4v) is 2.36. The van der Waals surface area contributed by atoms with Gasteiger partial charge >= 0.3 is 6.03 Å². The first-order chi connectivity index (χ1) is 11.2. The summed E-state index contributed by atoms with van der Waals surface area (Å²) < 4.78 is 5.46. The average Bonchev–Trinajstić information content (AvgIpc) is 2.56. The van der Waals surface area contributed by atoms with Crippen LogP contribution in [0.25, 0.3) is 0 Å². The first kappa shape index (κ1) is 17.1. The lowest BCUT2D eigenvalue weighted by Crippen LogP contribution is -2.34. The van der Waals surface area contributed by atoms with Gasteiger partial charge in [-0.3, -0.25) is 0 Å². The van der Waals surface area contributed by atoms with Crippen LogP contribution < -0.4 is 15.4 Å². The minimum atomic E-state index is -0.495. The molecule has 0 radical (unpaired) electrons. The Labute approximate surface area is 140 Å². The molecule has 0 aromatic heterocycles. The molecule has 0 aliphatic rings. The summed E-state index contributed by atoms with van der Waals surface area (Å²) in [6.07, 6.45) is 0. The third kappa shape index (κ3) is 4.61. The molecule has 0 saturated carbocycles. The number of aliphatic hydroxyl groups excluding tert-OH is 1. The molecule has 122 valence electrons. The molecule has 2 rings (SSSR count). The first-order valence-corrected chi connectivity index (χ1v) is 7.68. The summed E-state index contributed by atoms with van der Waals surface area (Å²) in [4.78, 5) is 12.2. The van der Waals surface area contributed by atoms with Gasteiger partial charge in [-0.15, -0.1) is 0 Å². The molecule has 23 heavy (non-hydrogen) atoms. The first-order valence-electron chi connectivity index (χ1n) is 7.30. The predicted octanol–water partition coefficient (Wildman–Crippen LogP) is 3.59. The van der Waals surface area contributed by atoms with Crippen molar-refractivity contribution in [2.24, 2.45) is 0 Å². The van der Waals surface area contributed by atoms with Gasteiger partial charge in [-0.1, -0.05) is 48.0 Å². The van der Waals surface area contributed by atoms with Crippen LogP contribution in [0, 0.1) is 0 Å². The van der Waals surface area contributed by atoms with Gasteiger partial charge in [0.25, 0.3) is 0 Å². The molecule has 6 heteroatoms. The van der Waals surface area contributed by atoms with Gasteiger partial charge in [0.2, 0.25) is 0 Å². The maximum absolute atomic E-state index is 12.2. The summed E-state index contributed by atoms with van der Waals surface area (Å²) in [5.74, 6) is 0.423. The van der Waals surface area contributed by atoms with E-state index in [0.29, 0.717) is 23.1 Å². The zero-order chi connectivity index (χ0) is 16.7. The van der Waals surface area contributed by atoms with E-state index < -0.39 is 12.1 Å². The van der Waals surface area contributed by atoms with Crippen LogP contribution in [0.4, 0.5) is 10.5 Å². The molecule has 0 saturated heterocycles. The van der Waals surface area contributed by atoms with Crippen molar-refractivity contribution < 1.29 is 14.6 Å². The molecule has 0 heterocycles. The SMILES string of the molecule is CCOc1c(Cl)cccc1NC(=O)N[C@H](CO)c1ccccc1. The number of carbonyl (C=O) groups excluding carboxylic acids is 1. The van der Waals surface area contributed by atoms with E-state index in [-0.39, 0.29) is 6.61 Å². The smallest absolute Gasteiger partial charge is 0.319 e. The third-order valence-corrected chi connectivity index (χ3v) is 3.49. The van der Waals surface area contributed by atoms with Crippen LogP contribution in [-0.4, -0.2) is 24.4 Å². The highest BCUT2D eigenvalue weighted by Crippen LogP contribution is 2.32. The standard InChI is InChI=1S/C17H19ClN2O3/c1-2-23-16-13(18)9-6-10-14(16)19-17(22)20-15(11-21)12-7-4-3-5-8-12/h3-10,15,21H,2,11H2,1H3,(H2,19,20,22)/t15-/m1/s1. The summed E-state index contributed by atoms with van der Waals surface area (Å²) in [6, 6.07) is 13.4. The van der Waals surface area contributed by atoms with Crippen molar-refractivity contribution in [2.45, 2.75) is 13.0 Å². The Kier molecular flexibility index (Phi) is 6.26. The van der Waals surface area contributed by atoms with Gasteiger partial charge < -0.3 is 20.5 Å². The van der Waals surface area contributed by atoms with Crippen molar-refractivity contribution in [1.29, 1.82) is 0 Å².